The summed E-state index contributed by atoms with van der Waals surface area (Å²) in [7, 11) is 2.15. The predicted octanol–water partition coefficient (Wildman–Crippen LogP) is 8.89. The lowest BCUT2D eigenvalue weighted by atomic mass is 9.69. The van der Waals surface area contributed by atoms with E-state index in [1.807, 2.05) is 43.9 Å². The third-order valence-corrected chi connectivity index (χ3v) is 10.0. The molecule has 43 heavy (non-hydrogen) atoms. The number of piperidine rings is 1. The Morgan fingerprint density at radius 3 is 2.42 bits per heavy atom. The van der Waals surface area contributed by atoms with Crippen molar-refractivity contribution in [3.05, 3.63) is 99.5 Å². The molecule has 1 fully saturated rings. The zero-order valence-corrected chi connectivity index (χ0v) is 28.0. The second-order valence-electron chi connectivity index (χ2n) is 13.0. The second-order valence-corrected chi connectivity index (χ2v) is 15.2. The molecule has 1 saturated heterocycles. The average Bonchev–Trinajstić information content (AvgIpc) is 2.96. The number of nitrogens with zero attached hydrogens (tertiary/aromatic N) is 3. The van der Waals surface area contributed by atoms with Crippen LogP contribution in [-0.4, -0.2) is 65.6 Å². The Balaban J connectivity index is 1.24. The smallest absolute Gasteiger partial charge is 0.410 e. The molecule has 1 atom stereocenters. The lowest BCUT2D eigenvalue weighted by Gasteiger charge is -2.48. The lowest BCUT2D eigenvalue weighted by Crippen LogP contribution is -2.54. The Bertz CT molecular complexity index is 1390. The molecule has 0 saturated carbocycles. The molecule has 0 aromatic heterocycles. The first kappa shape index (κ1) is 32.2. The summed E-state index contributed by atoms with van der Waals surface area (Å²) >= 11 is 14.3. The van der Waals surface area contributed by atoms with Crippen LogP contribution in [0.2, 0.25) is 10.0 Å². The van der Waals surface area contributed by atoms with E-state index in [1.54, 1.807) is 11.9 Å². The van der Waals surface area contributed by atoms with Crippen LogP contribution >= 0.6 is 35.1 Å². The van der Waals surface area contributed by atoms with Crippen molar-refractivity contribution in [1.29, 1.82) is 0 Å². The lowest BCUT2D eigenvalue weighted by molar-refractivity contribution is 0.0104. The number of likely N-dealkylation sites (tertiary alicyclic amines) is 1. The van der Waals surface area contributed by atoms with Crippen molar-refractivity contribution in [2.75, 3.05) is 39.8 Å². The summed E-state index contributed by atoms with van der Waals surface area (Å²) in [5.74, 6) is 0.345. The third-order valence-electron chi connectivity index (χ3n) is 8.57. The van der Waals surface area contributed by atoms with Gasteiger partial charge >= 0.3 is 6.09 Å². The number of ether oxygens (including phenoxy) is 1. The fraction of sp³-hybridized carbons (Fsp3) is 0.457. The van der Waals surface area contributed by atoms with Crippen LogP contribution in [0.5, 0.6) is 0 Å². The maximum atomic E-state index is 13.1. The average molecular weight is 641 g/mol. The zero-order chi connectivity index (χ0) is 30.6. The van der Waals surface area contributed by atoms with E-state index in [-0.39, 0.29) is 11.5 Å². The van der Waals surface area contributed by atoms with Crippen LogP contribution < -0.4 is 0 Å². The number of likely N-dealkylation sites (N-methyl/N-ethyl adjacent to an activating group) is 1. The van der Waals surface area contributed by atoms with Crippen molar-refractivity contribution in [2.45, 2.75) is 68.4 Å². The summed E-state index contributed by atoms with van der Waals surface area (Å²) in [5.41, 5.74) is 3.39. The number of fused-ring (bicyclic) bond motifs is 2. The van der Waals surface area contributed by atoms with E-state index in [9.17, 15) is 4.79 Å². The Labute approximate surface area is 271 Å². The number of rotatable bonds is 8. The minimum atomic E-state index is -0.508. The molecule has 2 aliphatic heterocycles. The number of amides is 1. The van der Waals surface area contributed by atoms with Crippen molar-refractivity contribution >= 4 is 41.2 Å². The van der Waals surface area contributed by atoms with E-state index in [4.69, 9.17) is 27.9 Å². The van der Waals surface area contributed by atoms with Gasteiger partial charge in [0.1, 0.15) is 5.60 Å². The van der Waals surface area contributed by atoms with Gasteiger partial charge in [0.15, 0.2) is 0 Å². The molecule has 2 heterocycles. The molecule has 230 valence electrons. The first-order chi connectivity index (χ1) is 20.5. The van der Waals surface area contributed by atoms with Crippen LogP contribution in [0.3, 0.4) is 0 Å². The molecule has 0 bridgehead atoms. The van der Waals surface area contributed by atoms with Crippen molar-refractivity contribution in [2.24, 2.45) is 0 Å². The van der Waals surface area contributed by atoms with Crippen molar-refractivity contribution < 1.29 is 9.53 Å². The van der Waals surface area contributed by atoms with Gasteiger partial charge in [-0.15, -0.1) is 0 Å². The maximum Gasteiger partial charge on any atom is 0.410 e. The summed E-state index contributed by atoms with van der Waals surface area (Å²) in [6.45, 7) is 11.1. The molecule has 1 spiro atoms. The maximum absolute atomic E-state index is 13.1. The Kier molecular flexibility index (Phi) is 10.3. The second kappa shape index (κ2) is 13.8. The molecule has 0 N–H and O–H groups in total. The molecule has 3 aromatic carbocycles. The quantitative estimate of drug-likeness (QED) is 0.230. The van der Waals surface area contributed by atoms with Crippen LogP contribution in [-0.2, 0) is 16.7 Å². The van der Waals surface area contributed by atoms with E-state index in [0.29, 0.717) is 19.0 Å². The highest BCUT2D eigenvalue weighted by atomic mass is 35.5. The molecule has 3 aromatic rings. The van der Waals surface area contributed by atoms with Crippen LogP contribution in [0.4, 0.5) is 4.79 Å². The van der Waals surface area contributed by atoms with E-state index >= 15 is 0 Å². The predicted molar refractivity (Wildman–Crippen MR) is 179 cm³/mol. The fourth-order valence-electron chi connectivity index (χ4n) is 6.46. The molecule has 5 rings (SSSR count). The SMILES string of the molecule is CN(CC(CCN1CCC2(CC1)CN(C(=O)OC(C)(C)C)Cc1ccccc12)c1cccc(Cl)c1)Sc1ccc(Cl)cc1. The van der Waals surface area contributed by atoms with Crippen LogP contribution in [0.1, 0.15) is 62.6 Å². The largest absolute Gasteiger partial charge is 0.444 e. The molecular weight excluding hydrogens is 597 g/mol. The van der Waals surface area contributed by atoms with Gasteiger partial charge in [0.05, 0.1) is 0 Å². The van der Waals surface area contributed by atoms with Gasteiger partial charge in [-0.05, 0) is 138 Å². The van der Waals surface area contributed by atoms with Crippen LogP contribution in [0.15, 0.2) is 77.7 Å². The van der Waals surface area contributed by atoms with Crippen LogP contribution in [0, 0.1) is 0 Å². The highest BCUT2D eigenvalue weighted by Gasteiger charge is 2.43. The Morgan fingerprint density at radius 2 is 1.72 bits per heavy atom. The standard InChI is InChI=1S/C35H43Cl2N3O2S/c1-34(2,3)42-33(41)40-24-28-8-5-6-11-32(28)35(25-40)17-20-39(21-18-35)19-16-27(26-9-7-10-30(37)22-26)23-38(4)43-31-14-12-29(36)13-15-31/h5-15,22,27H,16-21,23-25H2,1-4H3. The monoisotopic (exact) mass is 639 g/mol. The van der Waals surface area contributed by atoms with E-state index in [1.165, 1.54) is 21.6 Å². The summed E-state index contributed by atoms with van der Waals surface area (Å²) < 4.78 is 8.10. The normalized spacial score (nSPS) is 17.6. The summed E-state index contributed by atoms with van der Waals surface area (Å²) in [4.78, 5) is 18.8. The summed E-state index contributed by atoms with van der Waals surface area (Å²) in [6, 6.07) is 25.0. The zero-order valence-electron chi connectivity index (χ0n) is 25.7. The molecule has 0 aliphatic carbocycles. The van der Waals surface area contributed by atoms with Gasteiger partial charge in [0.25, 0.3) is 0 Å². The van der Waals surface area contributed by atoms with Gasteiger partial charge in [-0.1, -0.05) is 59.6 Å². The molecule has 5 nitrogen and oxygen atoms in total. The number of hydrogen-bond acceptors (Lipinski definition) is 5. The summed E-state index contributed by atoms with van der Waals surface area (Å²) in [5, 5.41) is 1.53. The van der Waals surface area contributed by atoms with E-state index in [2.05, 4.69) is 70.9 Å². The third kappa shape index (κ3) is 8.49. The molecule has 1 unspecified atom stereocenters. The van der Waals surface area contributed by atoms with Gasteiger partial charge < -0.3 is 14.5 Å². The van der Waals surface area contributed by atoms with Crippen molar-refractivity contribution in [3.8, 4) is 0 Å². The topological polar surface area (TPSA) is 36.0 Å². The van der Waals surface area contributed by atoms with E-state index < -0.39 is 5.60 Å². The number of halogens is 2. The molecular formula is C35H43Cl2N3O2S. The minimum absolute atomic E-state index is 0.0377. The molecule has 1 amide bonds. The first-order valence-corrected chi connectivity index (χ1v) is 16.7. The van der Waals surface area contributed by atoms with Gasteiger partial charge in [-0.25, -0.2) is 9.10 Å². The van der Waals surface area contributed by atoms with Crippen molar-refractivity contribution in [1.82, 2.24) is 14.1 Å². The van der Waals surface area contributed by atoms with Gasteiger partial charge in [0, 0.05) is 40.0 Å². The van der Waals surface area contributed by atoms with Gasteiger partial charge in [0.2, 0.25) is 0 Å². The van der Waals surface area contributed by atoms with Crippen molar-refractivity contribution in [3.63, 3.8) is 0 Å². The van der Waals surface area contributed by atoms with Gasteiger partial charge in [-0.3, -0.25) is 0 Å². The Morgan fingerprint density at radius 1 is 1.00 bits per heavy atom. The number of benzene rings is 3. The van der Waals surface area contributed by atoms with Gasteiger partial charge in [-0.2, -0.15) is 0 Å². The number of carbonyl (C=O) groups is 1. The van der Waals surface area contributed by atoms with Crippen LogP contribution in [0.25, 0.3) is 0 Å². The molecule has 0 radical (unpaired) electrons. The van der Waals surface area contributed by atoms with E-state index in [0.717, 1.165) is 55.5 Å². The fourth-order valence-corrected chi connectivity index (χ4v) is 7.66. The highest BCUT2D eigenvalue weighted by Crippen LogP contribution is 2.42. The number of hydrogen-bond donors (Lipinski definition) is 0. The minimum Gasteiger partial charge on any atom is -0.444 e. The Hall–Kier alpha value is -2.22. The molecule has 2 aliphatic rings. The first-order valence-electron chi connectivity index (χ1n) is 15.2. The highest BCUT2D eigenvalue weighted by molar-refractivity contribution is 7.97. The summed E-state index contributed by atoms with van der Waals surface area (Å²) in [6.07, 6.45) is 2.88. The number of carbonyl (C=O) groups excluding carboxylic acids is 1. The molecule has 8 heteroatoms.